The van der Waals surface area contributed by atoms with Crippen LogP contribution in [0.4, 0.5) is 5.69 Å². The number of rotatable bonds is 3. The quantitative estimate of drug-likeness (QED) is 0.181. The molecule has 0 saturated heterocycles. The van der Waals surface area contributed by atoms with E-state index in [1.54, 1.807) is 0 Å². The van der Waals surface area contributed by atoms with Gasteiger partial charge in [-0.2, -0.15) is 5.26 Å². The van der Waals surface area contributed by atoms with Gasteiger partial charge in [-0.1, -0.05) is 91.0 Å². The minimum Gasteiger partial charge on any atom is -0.319 e. The highest BCUT2D eigenvalue weighted by molar-refractivity contribution is 6.19. The third kappa shape index (κ3) is 3.73. The van der Waals surface area contributed by atoms with Crippen molar-refractivity contribution in [3.8, 4) is 23.1 Å². The molecule has 0 aliphatic rings. The summed E-state index contributed by atoms with van der Waals surface area (Å²) < 4.78 is 6.66. The van der Waals surface area contributed by atoms with Gasteiger partial charge in [0.15, 0.2) is 0 Å². The van der Waals surface area contributed by atoms with Gasteiger partial charge in [-0.25, -0.2) is 4.85 Å². The van der Waals surface area contributed by atoms with Gasteiger partial charge in [-0.05, 0) is 60.7 Å². The second-order valence-electron chi connectivity index (χ2n) is 12.4. The van der Waals surface area contributed by atoms with E-state index in [1.165, 1.54) is 0 Å². The fourth-order valence-electron chi connectivity index (χ4n) is 7.85. The molecule has 0 N–H and O–H groups in total. The van der Waals surface area contributed by atoms with Gasteiger partial charge in [0.1, 0.15) is 0 Å². The molecule has 5 nitrogen and oxygen atoms in total. The molecule has 5 heteroatoms. The number of para-hydroxylation sites is 5. The maximum Gasteiger partial charge on any atom is 0.234 e. The van der Waals surface area contributed by atoms with Crippen LogP contribution in [0.15, 0.2) is 152 Å². The Morgan fingerprint density at radius 2 is 0.816 bits per heavy atom. The van der Waals surface area contributed by atoms with E-state index >= 15 is 0 Å². The molecule has 10 aromatic rings. The summed E-state index contributed by atoms with van der Waals surface area (Å²) in [5, 5.41) is 17.1. The van der Waals surface area contributed by atoms with Crippen LogP contribution in [0.1, 0.15) is 5.56 Å². The van der Waals surface area contributed by atoms with Crippen molar-refractivity contribution in [2.45, 2.75) is 0 Å². The highest BCUT2D eigenvalue weighted by Gasteiger charge is 2.23. The largest absolute Gasteiger partial charge is 0.319 e. The summed E-state index contributed by atoms with van der Waals surface area (Å²) >= 11 is 0. The number of fused-ring (bicyclic) bond motifs is 9. The van der Waals surface area contributed by atoms with Crippen molar-refractivity contribution < 1.29 is 0 Å². The summed E-state index contributed by atoms with van der Waals surface area (Å²) in [4.78, 5) is 4.24. The Bertz CT molecular complexity index is 3020. The van der Waals surface area contributed by atoms with Crippen molar-refractivity contribution in [2.75, 3.05) is 0 Å². The van der Waals surface area contributed by atoms with Crippen LogP contribution in [0.3, 0.4) is 0 Å². The Balaban J connectivity index is 1.36. The van der Waals surface area contributed by atoms with Crippen LogP contribution in [0, 0.1) is 17.9 Å². The lowest BCUT2D eigenvalue weighted by atomic mass is 10.1. The first-order valence-electron chi connectivity index (χ1n) is 16.2. The Hall–Kier alpha value is -7.08. The van der Waals surface area contributed by atoms with Gasteiger partial charge in [-0.3, -0.25) is 0 Å². The first-order chi connectivity index (χ1) is 24.2. The van der Waals surface area contributed by atoms with Crippen molar-refractivity contribution in [1.29, 1.82) is 5.26 Å². The molecule has 0 saturated carbocycles. The monoisotopic (exact) mass is 623 g/mol. The average Bonchev–Trinajstić information content (AvgIpc) is 3.79. The van der Waals surface area contributed by atoms with Crippen molar-refractivity contribution in [1.82, 2.24) is 13.7 Å². The number of benzene rings is 7. The molecule has 0 fully saturated rings. The van der Waals surface area contributed by atoms with E-state index in [0.717, 1.165) is 71.1 Å². The van der Waals surface area contributed by atoms with Crippen LogP contribution in [0.25, 0.3) is 87.3 Å². The van der Waals surface area contributed by atoms with E-state index in [4.69, 9.17) is 6.57 Å². The normalized spacial score (nSPS) is 11.6. The minimum atomic E-state index is 0.486. The van der Waals surface area contributed by atoms with Gasteiger partial charge < -0.3 is 13.7 Å². The predicted octanol–water partition coefficient (Wildman–Crippen LogP) is 11.4. The summed E-state index contributed by atoms with van der Waals surface area (Å²) in [6.07, 6.45) is 0. The molecule has 0 amide bonds. The smallest absolute Gasteiger partial charge is 0.234 e. The zero-order valence-corrected chi connectivity index (χ0v) is 26.2. The average molecular weight is 624 g/mol. The Labute approximate surface area is 281 Å². The second kappa shape index (κ2) is 10.2. The number of hydrogen-bond donors (Lipinski definition) is 0. The summed E-state index contributed by atoms with van der Waals surface area (Å²) in [6, 6.07) is 54.6. The molecule has 0 bridgehead atoms. The van der Waals surface area contributed by atoms with E-state index in [1.807, 2.05) is 48.5 Å². The van der Waals surface area contributed by atoms with Gasteiger partial charge >= 0.3 is 0 Å². The van der Waals surface area contributed by atoms with Crippen LogP contribution >= 0.6 is 0 Å². The Kier molecular flexibility index (Phi) is 5.64. The van der Waals surface area contributed by atoms with E-state index in [-0.39, 0.29) is 0 Å². The first kappa shape index (κ1) is 27.1. The number of nitrogens with zero attached hydrogens (tertiary/aromatic N) is 5. The predicted molar refractivity (Wildman–Crippen MR) is 200 cm³/mol. The standard InChI is InChI=1S/C44H25N5/c1-46-44-42(48-37-20-10-5-15-30(37)31-16-6-11-21-38(31)48)23-28(27-45)24-43(44)49-39-22-12-8-18-33(39)35-25-40-34(26-41(35)49)32-17-7-9-19-36(32)47(40)29-13-3-2-4-14-29/h2-26H. The first-order valence-corrected chi connectivity index (χ1v) is 16.2. The fourth-order valence-corrected chi connectivity index (χ4v) is 7.85. The highest BCUT2D eigenvalue weighted by Crippen LogP contribution is 2.44. The number of hydrogen-bond acceptors (Lipinski definition) is 1. The minimum absolute atomic E-state index is 0.486. The van der Waals surface area contributed by atoms with E-state index < -0.39 is 0 Å². The third-order valence-corrected chi connectivity index (χ3v) is 9.85. The summed E-state index contributed by atoms with van der Waals surface area (Å²) in [5.74, 6) is 0. The Morgan fingerprint density at radius 1 is 0.429 bits per heavy atom. The van der Waals surface area contributed by atoms with Crippen LogP contribution in [0.2, 0.25) is 0 Å². The molecule has 226 valence electrons. The lowest BCUT2D eigenvalue weighted by Crippen LogP contribution is -2.01. The molecule has 0 unspecified atom stereocenters. The van der Waals surface area contributed by atoms with Crippen molar-refractivity contribution in [3.05, 3.63) is 169 Å². The van der Waals surface area contributed by atoms with Gasteiger partial charge in [-0.15, -0.1) is 0 Å². The number of nitriles is 1. The molecule has 3 heterocycles. The molecule has 0 spiro atoms. The molecule has 7 aromatic carbocycles. The van der Waals surface area contributed by atoms with Crippen LogP contribution < -0.4 is 0 Å². The molecular formula is C44H25N5. The summed E-state index contributed by atoms with van der Waals surface area (Å²) in [6.45, 7) is 8.64. The maximum absolute atomic E-state index is 10.4. The molecule has 3 aromatic heterocycles. The zero-order chi connectivity index (χ0) is 32.6. The topological polar surface area (TPSA) is 42.9 Å². The molecule has 10 rings (SSSR count). The zero-order valence-electron chi connectivity index (χ0n) is 26.2. The number of aromatic nitrogens is 3. The van der Waals surface area contributed by atoms with Gasteiger partial charge in [0.2, 0.25) is 5.69 Å². The second-order valence-corrected chi connectivity index (χ2v) is 12.4. The van der Waals surface area contributed by atoms with Crippen molar-refractivity contribution in [2.24, 2.45) is 0 Å². The summed E-state index contributed by atoms with van der Waals surface area (Å²) in [5.41, 5.74) is 9.65. The van der Waals surface area contributed by atoms with Crippen molar-refractivity contribution in [3.63, 3.8) is 0 Å². The molecule has 49 heavy (non-hydrogen) atoms. The van der Waals surface area contributed by atoms with E-state index in [2.05, 4.69) is 128 Å². The summed E-state index contributed by atoms with van der Waals surface area (Å²) in [7, 11) is 0. The molecular weight excluding hydrogens is 599 g/mol. The maximum atomic E-state index is 10.4. The van der Waals surface area contributed by atoms with Crippen LogP contribution in [-0.4, -0.2) is 13.7 Å². The van der Waals surface area contributed by atoms with E-state index in [9.17, 15) is 5.26 Å². The van der Waals surface area contributed by atoms with E-state index in [0.29, 0.717) is 22.6 Å². The van der Waals surface area contributed by atoms with Gasteiger partial charge in [0, 0.05) is 38.0 Å². The lowest BCUT2D eigenvalue weighted by Gasteiger charge is -2.17. The molecule has 0 aliphatic carbocycles. The fraction of sp³-hybridized carbons (Fsp3) is 0. The Morgan fingerprint density at radius 3 is 1.29 bits per heavy atom. The molecule has 0 radical (unpaired) electrons. The van der Waals surface area contributed by atoms with Gasteiger partial charge in [0.05, 0.1) is 62.7 Å². The van der Waals surface area contributed by atoms with Crippen LogP contribution in [0.5, 0.6) is 0 Å². The molecule has 0 atom stereocenters. The SMILES string of the molecule is [C-]#[N+]c1c(-n2c3ccccc3c3ccccc32)cc(C#N)cc1-n1c2ccccc2c2cc3c(cc21)c1ccccc1n3-c1ccccc1. The third-order valence-electron chi connectivity index (χ3n) is 9.85. The lowest BCUT2D eigenvalue weighted by molar-refractivity contribution is 1.14. The van der Waals surface area contributed by atoms with Crippen molar-refractivity contribution >= 4 is 71.1 Å². The van der Waals surface area contributed by atoms with Gasteiger partial charge in [0.25, 0.3) is 0 Å². The highest BCUT2D eigenvalue weighted by atomic mass is 15.1. The molecule has 0 aliphatic heterocycles. The van der Waals surface area contributed by atoms with Crippen LogP contribution in [-0.2, 0) is 0 Å².